The van der Waals surface area contributed by atoms with E-state index in [4.69, 9.17) is 4.98 Å². The van der Waals surface area contributed by atoms with Gasteiger partial charge < -0.3 is 5.32 Å². The largest absolute Gasteiger partial charge is 0.348 e. The second-order valence-corrected chi connectivity index (χ2v) is 7.26. The Bertz CT molecular complexity index is 1190. The Morgan fingerprint density at radius 3 is 2.66 bits per heavy atom. The van der Waals surface area contributed by atoms with E-state index < -0.39 is 0 Å². The molecule has 0 bridgehead atoms. The minimum absolute atomic E-state index is 0.113. The van der Waals surface area contributed by atoms with Crippen molar-refractivity contribution in [2.75, 3.05) is 0 Å². The highest BCUT2D eigenvalue weighted by atomic mass is 16.1. The van der Waals surface area contributed by atoms with Crippen LogP contribution in [0, 0.1) is 13.8 Å². The second kappa shape index (κ2) is 7.87. The summed E-state index contributed by atoms with van der Waals surface area (Å²) in [6, 6.07) is 15.9. The number of aryl methyl sites for hydroxylation is 3. The average Bonchev–Trinajstić information content (AvgIpc) is 3.21. The fraction of sp³-hybridized carbons (Fsp3) is 0.208. The zero-order chi connectivity index (χ0) is 20.4. The number of rotatable bonds is 5. The van der Waals surface area contributed by atoms with Crippen LogP contribution in [-0.2, 0) is 13.1 Å². The summed E-state index contributed by atoms with van der Waals surface area (Å²) < 4.78 is 1.85. The molecule has 0 atom stereocenters. The van der Waals surface area contributed by atoms with Crippen molar-refractivity contribution in [1.82, 2.24) is 20.1 Å². The maximum absolute atomic E-state index is 13.0. The maximum atomic E-state index is 13.0. The number of hydrogen-bond acceptors (Lipinski definition) is 3. The van der Waals surface area contributed by atoms with Crippen LogP contribution in [0.15, 0.2) is 60.9 Å². The molecule has 0 saturated carbocycles. The van der Waals surface area contributed by atoms with Crippen LogP contribution in [0.25, 0.3) is 22.2 Å². The molecule has 0 unspecified atom stereocenters. The van der Waals surface area contributed by atoms with Gasteiger partial charge in [0.1, 0.15) is 0 Å². The molecule has 146 valence electrons. The van der Waals surface area contributed by atoms with E-state index in [1.807, 2.05) is 48.1 Å². The fourth-order valence-electron chi connectivity index (χ4n) is 3.36. The predicted molar refractivity (Wildman–Crippen MR) is 116 cm³/mol. The summed E-state index contributed by atoms with van der Waals surface area (Å²) in [5.41, 5.74) is 6.68. The summed E-state index contributed by atoms with van der Waals surface area (Å²) in [5.74, 6) is -0.113. The van der Waals surface area contributed by atoms with Gasteiger partial charge in [0.25, 0.3) is 5.91 Å². The molecule has 0 saturated heterocycles. The van der Waals surface area contributed by atoms with Crippen LogP contribution < -0.4 is 5.32 Å². The Balaban J connectivity index is 1.70. The Hall–Kier alpha value is -3.47. The second-order valence-electron chi connectivity index (χ2n) is 7.26. The van der Waals surface area contributed by atoms with Gasteiger partial charge in [-0.2, -0.15) is 5.10 Å². The summed E-state index contributed by atoms with van der Waals surface area (Å²) in [6.45, 7) is 7.46. The van der Waals surface area contributed by atoms with Crippen molar-refractivity contribution in [2.24, 2.45) is 0 Å². The lowest BCUT2D eigenvalue weighted by molar-refractivity contribution is 0.0952. The highest BCUT2D eigenvalue weighted by molar-refractivity contribution is 6.07. The molecule has 29 heavy (non-hydrogen) atoms. The lowest BCUT2D eigenvalue weighted by Crippen LogP contribution is -2.23. The van der Waals surface area contributed by atoms with Gasteiger partial charge in [0, 0.05) is 35.8 Å². The van der Waals surface area contributed by atoms with Crippen LogP contribution in [0.2, 0.25) is 0 Å². The third-order valence-electron chi connectivity index (χ3n) is 5.23. The van der Waals surface area contributed by atoms with E-state index in [0.29, 0.717) is 12.1 Å². The van der Waals surface area contributed by atoms with Crippen LogP contribution in [0.1, 0.15) is 34.0 Å². The molecule has 5 heteroatoms. The number of para-hydroxylation sites is 1. The van der Waals surface area contributed by atoms with Gasteiger partial charge in [-0.1, -0.05) is 30.3 Å². The molecule has 0 aliphatic carbocycles. The van der Waals surface area contributed by atoms with E-state index >= 15 is 0 Å². The molecule has 2 heterocycles. The molecule has 5 nitrogen and oxygen atoms in total. The van der Waals surface area contributed by atoms with Crippen LogP contribution in [0.4, 0.5) is 0 Å². The van der Waals surface area contributed by atoms with Crippen molar-refractivity contribution in [2.45, 2.75) is 33.9 Å². The van der Waals surface area contributed by atoms with Gasteiger partial charge >= 0.3 is 0 Å². The molecule has 2 aromatic heterocycles. The van der Waals surface area contributed by atoms with E-state index in [1.165, 1.54) is 11.1 Å². The first-order valence-electron chi connectivity index (χ1n) is 9.82. The first kappa shape index (κ1) is 18.9. The minimum Gasteiger partial charge on any atom is -0.348 e. The van der Waals surface area contributed by atoms with Crippen molar-refractivity contribution in [3.63, 3.8) is 0 Å². The monoisotopic (exact) mass is 384 g/mol. The van der Waals surface area contributed by atoms with E-state index in [9.17, 15) is 4.79 Å². The Morgan fingerprint density at radius 1 is 1.07 bits per heavy atom. The quantitative estimate of drug-likeness (QED) is 0.544. The van der Waals surface area contributed by atoms with Crippen LogP contribution in [0.3, 0.4) is 0 Å². The maximum Gasteiger partial charge on any atom is 0.252 e. The summed E-state index contributed by atoms with van der Waals surface area (Å²) >= 11 is 0. The van der Waals surface area contributed by atoms with Crippen LogP contribution in [-0.4, -0.2) is 20.7 Å². The highest BCUT2D eigenvalue weighted by Crippen LogP contribution is 2.26. The van der Waals surface area contributed by atoms with Gasteiger partial charge in [-0.05, 0) is 50.1 Å². The van der Waals surface area contributed by atoms with E-state index in [1.54, 1.807) is 6.20 Å². The molecule has 0 aliphatic heterocycles. The molecule has 4 aromatic rings. The number of pyridine rings is 1. The number of carbonyl (C=O) groups is 1. The molecular weight excluding hydrogens is 360 g/mol. The summed E-state index contributed by atoms with van der Waals surface area (Å²) in [5, 5.41) is 8.13. The number of benzene rings is 2. The third-order valence-corrected chi connectivity index (χ3v) is 5.23. The van der Waals surface area contributed by atoms with Crippen LogP contribution in [0.5, 0.6) is 0 Å². The third kappa shape index (κ3) is 3.90. The molecule has 4 rings (SSSR count). The number of nitrogens with zero attached hydrogens (tertiary/aromatic N) is 3. The summed E-state index contributed by atoms with van der Waals surface area (Å²) in [6.07, 6.45) is 3.74. The first-order chi connectivity index (χ1) is 14.0. The Morgan fingerprint density at radius 2 is 1.90 bits per heavy atom. The molecule has 0 aliphatic rings. The van der Waals surface area contributed by atoms with Gasteiger partial charge in [0.2, 0.25) is 0 Å². The Labute approximate surface area is 170 Å². The number of carbonyl (C=O) groups excluding carboxylic acids is 1. The number of fused-ring (bicyclic) bond motifs is 1. The predicted octanol–water partition coefficient (Wildman–Crippen LogP) is 4.67. The molecule has 0 radical (unpaired) electrons. The van der Waals surface area contributed by atoms with Crippen molar-refractivity contribution >= 4 is 16.8 Å². The fourth-order valence-corrected chi connectivity index (χ4v) is 3.36. The van der Waals surface area contributed by atoms with Gasteiger partial charge in [-0.25, -0.2) is 4.98 Å². The zero-order valence-corrected chi connectivity index (χ0v) is 16.9. The number of hydrogen-bond donors (Lipinski definition) is 1. The Kier molecular flexibility index (Phi) is 5.12. The molecule has 0 fully saturated rings. The smallest absolute Gasteiger partial charge is 0.252 e. The lowest BCUT2D eigenvalue weighted by atomic mass is 10.0. The highest BCUT2D eigenvalue weighted by Gasteiger charge is 2.14. The van der Waals surface area contributed by atoms with Gasteiger partial charge in [0.15, 0.2) is 0 Å². The molecule has 1 N–H and O–H groups in total. The normalized spacial score (nSPS) is 11.0. The van der Waals surface area contributed by atoms with Crippen molar-refractivity contribution in [1.29, 1.82) is 0 Å². The van der Waals surface area contributed by atoms with Crippen molar-refractivity contribution in [3.05, 3.63) is 83.2 Å². The topological polar surface area (TPSA) is 59.8 Å². The lowest BCUT2D eigenvalue weighted by Gasteiger charge is -2.11. The SMILES string of the molecule is CCn1cc(CNC(=O)c2cc(-c3ccc(C)c(C)c3)nc3ccccc23)cn1. The van der Waals surface area contributed by atoms with Gasteiger partial charge in [-0.15, -0.1) is 0 Å². The number of aromatic nitrogens is 3. The standard InChI is InChI=1S/C24H24N4O/c1-4-28-15-18(14-26-28)13-25-24(29)21-12-23(19-10-9-16(2)17(3)11-19)27-22-8-6-5-7-20(21)22/h5-12,14-15H,4,13H2,1-3H3,(H,25,29). The minimum atomic E-state index is -0.113. The summed E-state index contributed by atoms with van der Waals surface area (Å²) in [4.78, 5) is 17.8. The number of nitrogens with one attached hydrogen (secondary N) is 1. The molecular formula is C24H24N4O. The van der Waals surface area contributed by atoms with Crippen molar-refractivity contribution in [3.8, 4) is 11.3 Å². The van der Waals surface area contributed by atoms with Gasteiger partial charge in [-0.3, -0.25) is 9.48 Å². The van der Waals surface area contributed by atoms with Crippen molar-refractivity contribution < 1.29 is 4.79 Å². The van der Waals surface area contributed by atoms with E-state index in [0.717, 1.165) is 34.3 Å². The molecule has 0 spiro atoms. The van der Waals surface area contributed by atoms with Crippen LogP contribution >= 0.6 is 0 Å². The summed E-state index contributed by atoms with van der Waals surface area (Å²) in [7, 11) is 0. The first-order valence-corrected chi connectivity index (χ1v) is 9.82. The van der Waals surface area contributed by atoms with E-state index in [2.05, 4.69) is 42.5 Å². The average molecular weight is 384 g/mol. The zero-order valence-electron chi connectivity index (χ0n) is 16.9. The van der Waals surface area contributed by atoms with E-state index in [-0.39, 0.29) is 5.91 Å². The molecule has 2 aromatic carbocycles. The van der Waals surface area contributed by atoms with Gasteiger partial charge in [0.05, 0.1) is 23.0 Å². The molecule has 1 amide bonds. The number of amides is 1.